The van der Waals surface area contributed by atoms with E-state index in [1.807, 2.05) is 0 Å². The number of rotatable bonds is 5. The second kappa shape index (κ2) is 6.00. The van der Waals surface area contributed by atoms with Gasteiger partial charge in [0.15, 0.2) is 0 Å². The van der Waals surface area contributed by atoms with Gasteiger partial charge in [-0.25, -0.2) is 9.97 Å². The smallest absolute Gasteiger partial charge is 0.128 e. The molecule has 0 bridgehead atoms. The van der Waals surface area contributed by atoms with Crippen LogP contribution < -0.4 is 5.32 Å². The van der Waals surface area contributed by atoms with Crippen molar-refractivity contribution in [2.24, 2.45) is 5.41 Å². The number of hydrogen-bond donors (Lipinski definition) is 1. The molecule has 1 aromatic heterocycles. The van der Waals surface area contributed by atoms with Crippen molar-refractivity contribution in [2.75, 3.05) is 6.54 Å². The van der Waals surface area contributed by atoms with E-state index in [0.29, 0.717) is 11.5 Å². The molecule has 0 radical (unpaired) electrons. The molecular weight excluding hydrogens is 234 g/mol. The highest BCUT2D eigenvalue weighted by Crippen LogP contribution is 2.39. The highest BCUT2D eigenvalue weighted by molar-refractivity contribution is 5.26. The van der Waals surface area contributed by atoms with Gasteiger partial charge in [-0.1, -0.05) is 34.1 Å². The Morgan fingerprint density at radius 3 is 2.84 bits per heavy atom. The molecule has 0 aromatic carbocycles. The van der Waals surface area contributed by atoms with Crippen LogP contribution in [0.25, 0.3) is 0 Å². The van der Waals surface area contributed by atoms with Gasteiger partial charge in [0.1, 0.15) is 5.82 Å². The highest BCUT2D eigenvalue weighted by atomic mass is 14.9. The molecule has 0 fully saturated rings. The minimum Gasteiger partial charge on any atom is -0.310 e. The standard InChI is InChI=1S/C16H27N3/c1-5-7-8-15-18-11-12-13(17-6-2)9-16(3,4)10-14(12)19-15/h11,13,17H,5-10H2,1-4H3. The van der Waals surface area contributed by atoms with E-state index in [1.165, 1.54) is 30.5 Å². The average Bonchev–Trinajstić information content (AvgIpc) is 2.35. The average molecular weight is 261 g/mol. The maximum Gasteiger partial charge on any atom is 0.128 e. The van der Waals surface area contributed by atoms with Crippen LogP contribution in [0.5, 0.6) is 0 Å². The minimum absolute atomic E-state index is 0.330. The number of nitrogens with zero attached hydrogens (tertiary/aromatic N) is 2. The lowest BCUT2D eigenvalue weighted by atomic mass is 9.74. The van der Waals surface area contributed by atoms with E-state index in [1.54, 1.807) is 0 Å². The van der Waals surface area contributed by atoms with Crippen LogP contribution in [0.2, 0.25) is 0 Å². The Kier molecular flexibility index (Phi) is 4.56. The molecule has 2 rings (SSSR count). The number of nitrogens with one attached hydrogen (secondary N) is 1. The summed E-state index contributed by atoms with van der Waals surface area (Å²) < 4.78 is 0. The van der Waals surface area contributed by atoms with Gasteiger partial charge in [-0.15, -0.1) is 0 Å². The maximum atomic E-state index is 4.83. The lowest BCUT2D eigenvalue weighted by Crippen LogP contribution is -2.34. The summed E-state index contributed by atoms with van der Waals surface area (Å²) in [6.45, 7) is 10.1. The SMILES string of the molecule is CCCCc1ncc2c(n1)CC(C)(C)CC2NCC. The number of fused-ring (bicyclic) bond motifs is 1. The fourth-order valence-electron chi connectivity index (χ4n) is 2.97. The molecule has 1 heterocycles. The molecule has 0 spiro atoms. The van der Waals surface area contributed by atoms with Crippen molar-refractivity contribution >= 4 is 0 Å². The molecule has 1 aliphatic carbocycles. The fraction of sp³-hybridized carbons (Fsp3) is 0.750. The Morgan fingerprint density at radius 2 is 2.16 bits per heavy atom. The van der Waals surface area contributed by atoms with E-state index in [2.05, 4.69) is 44.2 Å². The lowest BCUT2D eigenvalue weighted by molar-refractivity contribution is 0.255. The molecule has 1 aliphatic rings. The summed E-state index contributed by atoms with van der Waals surface area (Å²) in [5.74, 6) is 1.02. The van der Waals surface area contributed by atoms with Crippen molar-refractivity contribution in [1.82, 2.24) is 15.3 Å². The predicted molar refractivity (Wildman–Crippen MR) is 79.2 cm³/mol. The van der Waals surface area contributed by atoms with Crippen molar-refractivity contribution in [2.45, 2.75) is 65.8 Å². The van der Waals surface area contributed by atoms with E-state index in [-0.39, 0.29) is 0 Å². The Hall–Kier alpha value is -0.960. The van der Waals surface area contributed by atoms with Crippen LogP contribution in [0.4, 0.5) is 0 Å². The molecule has 1 unspecified atom stereocenters. The third-order valence-corrected chi connectivity index (χ3v) is 3.93. The lowest BCUT2D eigenvalue weighted by Gasteiger charge is -2.36. The summed E-state index contributed by atoms with van der Waals surface area (Å²) in [4.78, 5) is 9.39. The van der Waals surface area contributed by atoms with Gasteiger partial charge in [-0.2, -0.15) is 0 Å². The van der Waals surface area contributed by atoms with Crippen molar-refractivity contribution < 1.29 is 0 Å². The van der Waals surface area contributed by atoms with Gasteiger partial charge < -0.3 is 5.32 Å². The summed E-state index contributed by atoms with van der Waals surface area (Å²) in [6, 6.07) is 0.420. The molecule has 1 N–H and O–H groups in total. The Morgan fingerprint density at radius 1 is 1.37 bits per heavy atom. The van der Waals surface area contributed by atoms with Gasteiger partial charge in [0.05, 0.1) is 0 Å². The molecule has 1 aromatic rings. The quantitative estimate of drug-likeness (QED) is 0.882. The van der Waals surface area contributed by atoms with Crippen LogP contribution in [0, 0.1) is 5.41 Å². The van der Waals surface area contributed by atoms with E-state index in [9.17, 15) is 0 Å². The first-order chi connectivity index (χ1) is 9.05. The number of aromatic nitrogens is 2. The largest absolute Gasteiger partial charge is 0.310 e. The van der Waals surface area contributed by atoms with E-state index in [0.717, 1.165) is 25.2 Å². The van der Waals surface area contributed by atoms with Crippen LogP contribution in [0.3, 0.4) is 0 Å². The van der Waals surface area contributed by atoms with Crippen molar-refractivity contribution in [3.8, 4) is 0 Å². The minimum atomic E-state index is 0.330. The second-order valence-electron chi connectivity index (χ2n) is 6.45. The highest BCUT2D eigenvalue weighted by Gasteiger charge is 2.33. The van der Waals surface area contributed by atoms with Gasteiger partial charge >= 0.3 is 0 Å². The molecule has 0 amide bonds. The molecule has 1 atom stereocenters. The van der Waals surface area contributed by atoms with Crippen molar-refractivity contribution in [3.63, 3.8) is 0 Å². The van der Waals surface area contributed by atoms with Crippen molar-refractivity contribution in [3.05, 3.63) is 23.3 Å². The maximum absolute atomic E-state index is 4.83. The van der Waals surface area contributed by atoms with Crippen LogP contribution in [-0.4, -0.2) is 16.5 Å². The van der Waals surface area contributed by atoms with Crippen LogP contribution in [0.15, 0.2) is 6.20 Å². The second-order valence-corrected chi connectivity index (χ2v) is 6.45. The van der Waals surface area contributed by atoms with Crippen LogP contribution in [-0.2, 0) is 12.8 Å². The first kappa shape index (κ1) is 14.4. The van der Waals surface area contributed by atoms with Gasteiger partial charge in [-0.3, -0.25) is 0 Å². The van der Waals surface area contributed by atoms with Gasteiger partial charge in [0, 0.05) is 29.9 Å². The van der Waals surface area contributed by atoms with Crippen LogP contribution >= 0.6 is 0 Å². The normalized spacial score (nSPS) is 21.2. The number of aryl methyl sites for hydroxylation is 1. The number of unbranched alkanes of at least 4 members (excludes halogenated alkanes) is 1. The fourth-order valence-corrected chi connectivity index (χ4v) is 2.97. The van der Waals surface area contributed by atoms with Gasteiger partial charge in [-0.05, 0) is 31.2 Å². The predicted octanol–water partition coefficient (Wildman–Crippen LogP) is 3.44. The molecule has 3 heteroatoms. The number of hydrogen-bond acceptors (Lipinski definition) is 3. The third-order valence-electron chi connectivity index (χ3n) is 3.93. The zero-order valence-electron chi connectivity index (χ0n) is 12.8. The first-order valence-electron chi connectivity index (χ1n) is 7.64. The van der Waals surface area contributed by atoms with Gasteiger partial charge in [0.2, 0.25) is 0 Å². The summed E-state index contributed by atoms with van der Waals surface area (Å²) >= 11 is 0. The topological polar surface area (TPSA) is 37.8 Å². The summed E-state index contributed by atoms with van der Waals surface area (Å²) in [5, 5.41) is 3.58. The van der Waals surface area contributed by atoms with E-state index < -0.39 is 0 Å². The molecule has 3 nitrogen and oxygen atoms in total. The van der Waals surface area contributed by atoms with E-state index in [4.69, 9.17) is 4.98 Å². The third kappa shape index (κ3) is 3.53. The molecule has 19 heavy (non-hydrogen) atoms. The molecule has 0 aliphatic heterocycles. The zero-order chi connectivity index (χ0) is 13.9. The van der Waals surface area contributed by atoms with Gasteiger partial charge in [0.25, 0.3) is 0 Å². The summed E-state index contributed by atoms with van der Waals surface area (Å²) in [5.41, 5.74) is 2.92. The summed E-state index contributed by atoms with van der Waals surface area (Å²) in [6.07, 6.45) is 7.70. The summed E-state index contributed by atoms with van der Waals surface area (Å²) in [7, 11) is 0. The first-order valence-corrected chi connectivity index (χ1v) is 7.64. The van der Waals surface area contributed by atoms with E-state index >= 15 is 0 Å². The Bertz CT molecular complexity index is 426. The Labute approximate surface area is 117 Å². The molecule has 0 saturated heterocycles. The molecule has 106 valence electrons. The van der Waals surface area contributed by atoms with Crippen molar-refractivity contribution in [1.29, 1.82) is 0 Å². The monoisotopic (exact) mass is 261 g/mol. The van der Waals surface area contributed by atoms with Crippen LogP contribution in [0.1, 0.15) is 70.1 Å². The molecular formula is C16H27N3. The Balaban J connectivity index is 2.26. The zero-order valence-corrected chi connectivity index (χ0v) is 12.8. The molecule has 0 saturated carbocycles.